The number of hydrogen-bond donors (Lipinski definition) is 1. The number of aromatic nitrogens is 1. The molecule has 1 fully saturated rings. The van der Waals surface area contributed by atoms with Crippen LogP contribution in [0.4, 0.5) is 0 Å². The smallest absolute Gasteiger partial charge is 0.208 e. The van der Waals surface area contributed by atoms with E-state index in [-0.39, 0.29) is 0 Å². The predicted octanol–water partition coefficient (Wildman–Crippen LogP) is 2.53. The fourth-order valence-corrected chi connectivity index (χ4v) is 2.56. The number of aryl methyl sites for hydroxylation is 1. The quantitative estimate of drug-likeness (QED) is 0.722. The van der Waals surface area contributed by atoms with Gasteiger partial charge in [-0.05, 0) is 12.3 Å². The van der Waals surface area contributed by atoms with Crippen molar-refractivity contribution in [2.24, 2.45) is 5.92 Å². The summed E-state index contributed by atoms with van der Waals surface area (Å²) in [6.07, 6.45) is 9.80. The summed E-state index contributed by atoms with van der Waals surface area (Å²) in [4.78, 5) is 4.29. The van der Waals surface area contributed by atoms with Gasteiger partial charge in [0, 0.05) is 20.1 Å². The second-order valence-electron chi connectivity index (χ2n) is 5.08. The minimum absolute atomic E-state index is 0.687. The fourth-order valence-electron chi connectivity index (χ4n) is 2.56. The Morgan fingerprint density at radius 2 is 2.28 bits per heavy atom. The molecule has 0 atom stereocenters. The lowest BCUT2D eigenvalue weighted by atomic mass is 10.0. The number of rotatable bonds is 8. The molecule has 1 aliphatic rings. The topological polar surface area (TPSA) is 47.3 Å². The number of oxazole rings is 1. The Bertz CT molecular complexity index is 332. The van der Waals surface area contributed by atoms with Gasteiger partial charge in [0.2, 0.25) is 5.89 Å². The van der Waals surface area contributed by atoms with E-state index in [1.807, 2.05) is 6.20 Å². The average Bonchev–Trinajstić information content (AvgIpc) is 3.03. The molecule has 0 bridgehead atoms. The predicted molar refractivity (Wildman–Crippen MR) is 70.4 cm³/mol. The van der Waals surface area contributed by atoms with Crippen LogP contribution in [0.1, 0.15) is 43.8 Å². The van der Waals surface area contributed by atoms with Crippen molar-refractivity contribution in [3.63, 3.8) is 0 Å². The third-order valence-corrected chi connectivity index (χ3v) is 3.63. The Hall–Kier alpha value is -0.870. The van der Waals surface area contributed by atoms with Crippen LogP contribution in [0.15, 0.2) is 10.6 Å². The van der Waals surface area contributed by atoms with Crippen LogP contribution in [0.2, 0.25) is 0 Å². The van der Waals surface area contributed by atoms with Crippen molar-refractivity contribution in [3.05, 3.63) is 17.8 Å². The van der Waals surface area contributed by atoms with Crippen molar-refractivity contribution in [2.45, 2.75) is 45.1 Å². The lowest BCUT2D eigenvalue weighted by molar-refractivity contribution is 0.198. The highest BCUT2D eigenvalue weighted by Crippen LogP contribution is 2.28. The molecule has 4 heteroatoms. The van der Waals surface area contributed by atoms with Crippen LogP contribution in [0.25, 0.3) is 0 Å². The molecule has 1 aromatic rings. The molecule has 1 saturated carbocycles. The van der Waals surface area contributed by atoms with Crippen LogP contribution in [0, 0.1) is 5.92 Å². The molecule has 0 saturated heterocycles. The van der Waals surface area contributed by atoms with E-state index in [2.05, 4.69) is 10.3 Å². The minimum Gasteiger partial charge on any atom is -0.444 e. The largest absolute Gasteiger partial charge is 0.444 e. The number of nitrogens with zero attached hydrogens (tertiary/aromatic N) is 1. The lowest BCUT2D eigenvalue weighted by Crippen LogP contribution is -2.18. The first-order valence-electron chi connectivity index (χ1n) is 7.01. The Balaban J connectivity index is 1.65. The van der Waals surface area contributed by atoms with Gasteiger partial charge in [-0.2, -0.15) is 0 Å². The molecule has 1 aliphatic carbocycles. The number of ether oxygens (including phenoxy) is 1. The van der Waals surface area contributed by atoms with Crippen molar-refractivity contribution in [3.8, 4) is 0 Å². The van der Waals surface area contributed by atoms with Crippen LogP contribution in [-0.4, -0.2) is 25.2 Å². The highest BCUT2D eigenvalue weighted by atomic mass is 16.5. The van der Waals surface area contributed by atoms with Gasteiger partial charge in [0.25, 0.3) is 0 Å². The van der Waals surface area contributed by atoms with Crippen LogP contribution >= 0.6 is 0 Å². The fraction of sp³-hybridized carbons (Fsp3) is 0.786. The Morgan fingerprint density at radius 3 is 3.06 bits per heavy atom. The van der Waals surface area contributed by atoms with E-state index in [0.29, 0.717) is 6.54 Å². The molecule has 1 heterocycles. The monoisotopic (exact) mass is 252 g/mol. The third kappa shape index (κ3) is 4.42. The van der Waals surface area contributed by atoms with Gasteiger partial charge < -0.3 is 14.5 Å². The van der Waals surface area contributed by atoms with Gasteiger partial charge in [-0.3, -0.25) is 0 Å². The first kappa shape index (κ1) is 13.6. The summed E-state index contributed by atoms with van der Waals surface area (Å²) < 4.78 is 10.7. The van der Waals surface area contributed by atoms with E-state index in [0.717, 1.165) is 37.1 Å². The second kappa shape index (κ2) is 7.54. The molecule has 4 nitrogen and oxygen atoms in total. The van der Waals surface area contributed by atoms with Crippen LogP contribution in [0.5, 0.6) is 0 Å². The molecule has 0 radical (unpaired) electrons. The van der Waals surface area contributed by atoms with Crippen LogP contribution in [-0.2, 0) is 17.7 Å². The van der Waals surface area contributed by atoms with Gasteiger partial charge in [0.1, 0.15) is 5.76 Å². The summed E-state index contributed by atoms with van der Waals surface area (Å²) in [5.74, 6) is 2.73. The number of hydrogen-bond acceptors (Lipinski definition) is 4. The van der Waals surface area contributed by atoms with Crippen molar-refractivity contribution < 1.29 is 9.15 Å². The van der Waals surface area contributed by atoms with Gasteiger partial charge in [0.05, 0.1) is 19.3 Å². The van der Waals surface area contributed by atoms with Gasteiger partial charge >= 0.3 is 0 Å². The first-order valence-corrected chi connectivity index (χ1v) is 7.01. The minimum atomic E-state index is 0.687. The van der Waals surface area contributed by atoms with Crippen LogP contribution < -0.4 is 5.32 Å². The van der Waals surface area contributed by atoms with E-state index in [9.17, 15) is 0 Å². The van der Waals surface area contributed by atoms with Gasteiger partial charge in [-0.15, -0.1) is 0 Å². The standard InChI is InChI=1S/C14H24N2O2/c1-17-9-8-15-11-14-16-10-13(18-14)7-6-12-4-2-3-5-12/h10,12,15H,2-9,11H2,1H3. The maximum absolute atomic E-state index is 5.71. The zero-order valence-electron chi connectivity index (χ0n) is 11.3. The molecule has 2 rings (SSSR count). The summed E-state index contributed by atoms with van der Waals surface area (Å²) in [5.41, 5.74) is 0. The molecular weight excluding hydrogens is 228 g/mol. The van der Waals surface area contributed by atoms with Crippen molar-refractivity contribution in [1.82, 2.24) is 10.3 Å². The molecule has 0 spiro atoms. The maximum atomic E-state index is 5.71. The maximum Gasteiger partial charge on any atom is 0.208 e. The highest BCUT2D eigenvalue weighted by Gasteiger charge is 2.15. The van der Waals surface area contributed by atoms with E-state index in [1.165, 1.54) is 32.1 Å². The molecule has 1 N–H and O–H groups in total. The first-order chi connectivity index (χ1) is 8.88. The average molecular weight is 252 g/mol. The van der Waals surface area contributed by atoms with Gasteiger partial charge in [-0.25, -0.2) is 4.98 Å². The normalized spacial score (nSPS) is 16.5. The SMILES string of the molecule is COCCNCc1ncc(CCC2CCCC2)o1. The van der Waals surface area contributed by atoms with E-state index in [1.54, 1.807) is 7.11 Å². The molecule has 0 unspecified atom stereocenters. The zero-order chi connectivity index (χ0) is 12.6. The molecule has 0 aromatic carbocycles. The Morgan fingerprint density at radius 1 is 1.44 bits per heavy atom. The van der Waals surface area contributed by atoms with Crippen molar-refractivity contribution in [2.75, 3.05) is 20.3 Å². The van der Waals surface area contributed by atoms with Crippen molar-refractivity contribution in [1.29, 1.82) is 0 Å². The van der Waals surface area contributed by atoms with Crippen molar-refractivity contribution >= 4 is 0 Å². The zero-order valence-corrected chi connectivity index (χ0v) is 11.3. The Kier molecular flexibility index (Phi) is 5.68. The summed E-state index contributed by atoms with van der Waals surface area (Å²) in [6, 6.07) is 0. The molecule has 0 amide bonds. The Labute approximate surface area is 109 Å². The highest BCUT2D eigenvalue weighted by molar-refractivity contribution is 4.94. The lowest BCUT2D eigenvalue weighted by Gasteiger charge is -2.05. The number of nitrogens with one attached hydrogen (secondary N) is 1. The van der Waals surface area contributed by atoms with Gasteiger partial charge in [-0.1, -0.05) is 25.7 Å². The third-order valence-electron chi connectivity index (χ3n) is 3.63. The van der Waals surface area contributed by atoms with E-state index < -0.39 is 0 Å². The van der Waals surface area contributed by atoms with E-state index in [4.69, 9.17) is 9.15 Å². The van der Waals surface area contributed by atoms with Gasteiger partial charge in [0.15, 0.2) is 0 Å². The summed E-state index contributed by atoms with van der Waals surface area (Å²) in [7, 11) is 1.70. The van der Waals surface area contributed by atoms with E-state index >= 15 is 0 Å². The molecule has 1 aromatic heterocycles. The second-order valence-corrected chi connectivity index (χ2v) is 5.08. The summed E-state index contributed by atoms with van der Waals surface area (Å²) >= 11 is 0. The molecule has 18 heavy (non-hydrogen) atoms. The van der Waals surface area contributed by atoms with Crippen LogP contribution in [0.3, 0.4) is 0 Å². The number of methoxy groups -OCH3 is 1. The molecule has 0 aliphatic heterocycles. The molecular formula is C14H24N2O2. The molecule has 102 valence electrons. The summed E-state index contributed by atoms with van der Waals surface area (Å²) in [6.45, 7) is 2.23. The summed E-state index contributed by atoms with van der Waals surface area (Å²) in [5, 5.41) is 3.23.